The molecule has 192 valence electrons. The number of piperidine rings is 1. The van der Waals surface area contributed by atoms with Gasteiger partial charge in [-0.1, -0.05) is 38.1 Å². The van der Waals surface area contributed by atoms with Crippen LogP contribution in [0.25, 0.3) is 0 Å². The first-order chi connectivity index (χ1) is 17.5. The molecule has 8 heteroatoms. The number of nitrogens with one attached hydrogen (secondary N) is 2. The van der Waals surface area contributed by atoms with Gasteiger partial charge in [0.2, 0.25) is 5.91 Å². The number of hydrogen-bond acceptors (Lipinski definition) is 5. The highest BCUT2D eigenvalue weighted by Crippen LogP contribution is 2.41. The molecule has 0 aliphatic carbocycles. The van der Waals surface area contributed by atoms with Gasteiger partial charge in [0.15, 0.2) is 0 Å². The second kappa shape index (κ2) is 11.0. The molecule has 2 aliphatic heterocycles. The number of rotatable bonds is 10. The van der Waals surface area contributed by atoms with Crippen LogP contribution >= 0.6 is 0 Å². The van der Waals surface area contributed by atoms with E-state index in [1.54, 1.807) is 12.4 Å². The Kier molecular flexibility index (Phi) is 7.53. The molecule has 0 bridgehead atoms. The van der Waals surface area contributed by atoms with Gasteiger partial charge in [-0.3, -0.25) is 9.69 Å². The Labute approximate surface area is 214 Å². The lowest BCUT2D eigenvalue weighted by atomic mass is 9.77. The van der Waals surface area contributed by atoms with Gasteiger partial charge in [-0.25, -0.2) is 9.97 Å². The number of carbonyl (C=O) groups is 1. The summed E-state index contributed by atoms with van der Waals surface area (Å²) in [5.41, 5.74) is 2.62. The van der Waals surface area contributed by atoms with Crippen LogP contribution in [-0.2, 0) is 31.0 Å². The first-order valence-electron chi connectivity index (χ1n) is 13.2. The predicted octanol–water partition coefficient (Wildman–Crippen LogP) is 3.81. The highest BCUT2D eigenvalue weighted by Gasteiger charge is 2.44. The second-order valence-corrected chi connectivity index (χ2v) is 11.2. The molecular formula is C28H39N7O. The van der Waals surface area contributed by atoms with Crippen LogP contribution in [-0.4, -0.2) is 66.7 Å². The van der Waals surface area contributed by atoms with Gasteiger partial charge in [-0.05, 0) is 48.4 Å². The summed E-state index contributed by atoms with van der Waals surface area (Å²) in [4.78, 5) is 35.1. The van der Waals surface area contributed by atoms with Crippen molar-refractivity contribution in [2.24, 2.45) is 11.3 Å². The van der Waals surface area contributed by atoms with Gasteiger partial charge in [0.25, 0.3) is 0 Å². The quantitative estimate of drug-likeness (QED) is 0.453. The van der Waals surface area contributed by atoms with Gasteiger partial charge < -0.3 is 19.8 Å². The molecule has 1 aromatic carbocycles. The molecule has 3 aromatic rings. The fourth-order valence-corrected chi connectivity index (χ4v) is 5.78. The van der Waals surface area contributed by atoms with Gasteiger partial charge in [-0.2, -0.15) is 0 Å². The third-order valence-electron chi connectivity index (χ3n) is 7.60. The fourth-order valence-electron chi connectivity index (χ4n) is 5.78. The number of likely N-dealkylation sites (tertiary alicyclic amines) is 2. The lowest BCUT2D eigenvalue weighted by Crippen LogP contribution is -2.42. The van der Waals surface area contributed by atoms with Crippen LogP contribution in [0, 0.1) is 11.3 Å². The van der Waals surface area contributed by atoms with Crippen molar-refractivity contribution in [2.75, 3.05) is 26.2 Å². The van der Waals surface area contributed by atoms with E-state index >= 15 is 0 Å². The number of aromatic amines is 2. The largest absolute Gasteiger partial charge is 0.348 e. The molecule has 1 spiro atoms. The van der Waals surface area contributed by atoms with Crippen LogP contribution in [0.4, 0.5) is 0 Å². The summed E-state index contributed by atoms with van der Waals surface area (Å²) >= 11 is 0. The summed E-state index contributed by atoms with van der Waals surface area (Å²) in [6, 6.07) is 8.73. The van der Waals surface area contributed by atoms with E-state index in [4.69, 9.17) is 0 Å². The average Bonchev–Trinajstić information content (AvgIpc) is 3.60. The Morgan fingerprint density at radius 3 is 2.11 bits per heavy atom. The van der Waals surface area contributed by atoms with Crippen LogP contribution in [0.5, 0.6) is 0 Å². The summed E-state index contributed by atoms with van der Waals surface area (Å²) in [6.45, 7) is 11.8. The van der Waals surface area contributed by atoms with Crippen LogP contribution in [0.1, 0.15) is 55.9 Å². The van der Waals surface area contributed by atoms with Crippen molar-refractivity contribution >= 4 is 5.91 Å². The van der Waals surface area contributed by atoms with Gasteiger partial charge in [0, 0.05) is 57.4 Å². The lowest BCUT2D eigenvalue weighted by Gasteiger charge is -2.39. The predicted molar refractivity (Wildman–Crippen MR) is 140 cm³/mol. The van der Waals surface area contributed by atoms with E-state index in [-0.39, 0.29) is 5.41 Å². The fraction of sp³-hybridized carbons (Fsp3) is 0.536. The molecular weight excluding hydrogens is 450 g/mol. The van der Waals surface area contributed by atoms with E-state index in [0.717, 1.165) is 57.1 Å². The van der Waals surface area contributed by atoms with Crippen molar-refractivity contribution in [3.63, 3.8) is 0 Å². The number of carbonyl (C=O) groups excluding carboxylic acids is 1. The van der Waals surface area contributed by atoms with Gasteiger partial charge in [0.05, 0.1) is 13.1 Å². The van der Waals surface area contributed by atoms with E-state index in [0.29, 0.717) is 31.5 Å². The Morgan fingerprint density at radius 1 is 0.944 bits per heavy atom. The number of imidazole rings is 2. The molecule has 2 aliphatic rings. The Bertz CT molecular complexity index is 1050. The average molecular weight is 490 g/mol. The first kappa shape index (κ1) is 24.7. The smallest absolute Gasteiger partial charge is 0.223 e. The van der Waals surface area contributed by atoms with Crippen LogP contribution in [0.15, 0.2) is 49.1 Å². The van der Waals surface area contributed by atoms with Crippen LogP contribution < -0.4 is 0 Å². The van der Waals surface area contributed by atoms with Crippen LogP contribution in [0.3, 0.4) is 0 Å². The number of nitrogens with zero attached hydrogens (tertiary/aromatic N) is 5. The summed E-state index contributed by atoms with van der Waals surface area (Å²) in [7, 11) is 0. The van der Waals surface area contributed by atoms with Gasteiger partial charge in [-0.15, -0.1) is 0 Å². The Morgan fingerprint density at radius 2 is 1.56 bits per heavy atom. The SMILES string of the molecule is CC(C)CN1CCC2(CC1)CC(=O)N(Cc1ccc(CN(Cc3ncc[nH]3)Cc3ncc[nH]3)cc1)C2. The number of amides is 1. The van der Waals surface area contributed by atoms with Crippen molar-refractivity contribution in [1.82, 2.24) is 34.6 Å². The molecule has 5 rings (SSSR count). The summed E-state index contributed by atoms with van der Waals surface area (Å²) in [5, 5.41) is 0. The first-order valence-corrected chi connectivity index (χ1v) is 13.2. The third kappa shape index (κ3) is 6.23. The zero-order valence-electron chi connectivity index (χ0n) is 21.6. The van der Waals surface area contributed by atoms with Crippen LogP contribution in [0.2, 0.25) is 0 Å². The second-order valence-electron chi connectivity index (χ2n) is 11.2. The zero-order valence-corrected chi connectivity index (χ0v) is 21.6. The van der Waals surface area contributed by atoms with Crippen molar-refractivity contribution in [3.8, 4) is 0 Å². The molecule has 1 amide bonds. The molecule has 2 aromatic heterocycles. The van der Waals surface area contributed by atoms with E-state index in [2.05, 4.69) is 72.7 Å². The summed E-state index contributed by atoms with van der Waals surface area (Å²) < 4.78 is 0. The van der Waals surface area contributed by atoms with Gasteiger partial charge >= 0.3 is 0 Å². The minimum Gasteiger partial charge on any atom is -0.348 e. The maximum absolute atomic E-state index is 12.9. The number of aromatic nitrogens is 4. The molecule has 36 heavy (non-hydrogen) atoms. The molecule has 2 N–H and O–H groups in total. The molecule has 8 nitrogen and oxygen atoms in total. The maximum Gasteiger partial charge on any atom is 0.223 e. The molecule has 2 fully saturated rings. The molecule has 2 saturated heterocycles. The summed E-state index contributed by atoms with van der Waals surface area (Å²) in [5.74, 6) is 2.90. The minimum absolute atomic E-state index is 0.183. The molecule has 0 saturated carbocycles. The molecule has 0 atom stereocenters. The van der Waals surface area contributed by atoms with Crippen molar-refractivity contribution in [1.29, 1.82) is 0 Å². The van der Waals surface area contributed by atoms with E-state index in [1.165, 1.54) is 17.7 Å². The maximum atomic E-state index is 12.9. The molecule has 0 unspecified atom stereocenters. The number of hydrogen-bond donors (Lipinski definition) is 2. The molecule has 0 radical (unpaired) electrons. The normalized spacial score (nSPS) is 18.2. The van der Waals surface area contributed by atoms with Crippen molar-refractivity contribution in [2.45, 2.75) is 59.3 Å². The minimum atomic E-state index is 0.183. The topological polar surface area (TPSA) is 84.2 Å². The Hall–Kier alpha value is -2.97. The third-order valence-corrected chi connectivity index (χ3v) is 7.60. The monoisotopic (exact) mass is 489 g/mol. The Balaban J connectivity index is 1.17. The summed E-state index contributed by atoms with van der Waals surface area (Å²) in [6.07, 6.45) is 10.3. The molecule has 4 heterocycles. The van der Waals surface area contributed by atoms with E-state index in [9.17, 15) is 4.79 Å². The van der Waals surface area contributed by atoms with E-state index in [1.807, 2.05) is 12.4 Å². The lowest BCUT2D eigenvalue weighted by molar-refractivity contribution is -0.128. The standard InChI is InChI=1S/C28H39N7O/c1-22(2)16-33-13-7-28(8-14-33)15-27(36)35(21-28)18-24-5-3-23(4-6-24)17-34(19-25-29-9-10-30-25)20-26-31-11-12-32-26/h3-6,9-12,22H,7-8,13-21H2,1-2H3,(H,29,30)(H,31,32). The highest BCUT2D eigenvalue weighted by atomic mass is 16.2. The van der Waals surface area contributed by atoms with Crippen molar-refractivity contribution < 1.29 is 4.79 Å². The zero-order chi connectivity index (χ0) is 25.0. The van der Waals surface area contributed by atoms with Crippen molar-refractivity contribution in [3.05, 3.63) is 71.8 Å². The number of H-pyrrole nitrogens is 2. The number of benzene rings is 1. The van der Waals surface area contributed by atoms with E-state index < -0.39 is 0 Å². The van der Waals surface area contributed by atoms with Gasteiger partial charge in [0.1, 0.15) is 11.6 Å². The highest BCUT2D eigenvalue weighted by molar-refractivity contribution is 5.79.